The number of fused-ring (bicyclic) bond motifs is 1. The highest BCUT2D eigenvalue weighted by Crippen LogP contribution is 2.43. The van der Waals surface area contributed by atoms with Crippen LogP contribution in [-0.2, 0) is 11.8 Å². The van der Waals surface area contributed by atoms with Crippen LogP contribution in [0.1, 0.15) is 40.0 Å². The van der Waals surface area contributed by atoms with Crippen molar-refractivity contribution in [1.29, 1.82) is 0 Å². The van der Waals surface area contributed by atoms with Crippen molar-refractivity contribution in [3.63, 3.8) is 0 Å². The molecule has 3 aromatic rings. The molecule has 0 unspecified atom stereocenters. The Morgan fingerprint density at radius 1 is 1.17 bits per heavy atom. The maximum atomic E-state index is 12.6. The van der Waals surface area contributed by atoms with E-state index < -0.39 is 5.41 Å². The number of hydrogen-bond donors (Lipinski definition) is 1. The quantitative estimate of drug-likeness (QED) is 0.681. The first-order valence-corrected chi connectivity index (χ1v) is 9.77. The summed E-state index contributed by atoms with van der Waals surface area (Å²) in [6, 6.07) is 8.44. The van der Waals surface area contributed by atoms with E-state index in [1.54, 1.807) is 12.4 Å². The lowest BCUT2D eigenvalue weighted by Gasteiger charge is -2.34. The summed E-state index contributed by atoms with van der Waals surface area (Å²) in [5.74, 6) is 0.534. The molecule has 2 aliphatic carbocycles. The molecule has 1 saturated carbocycles. The third-order valence-corrected chi connectivity index (χ3v) is 5.66. The molecule has 0 aromatic carbocycles. The summed E-state index contributed by atoms with van der Waals surface area (Å²) in [6.07, 6.45) is 15.7. The predicted molar refractivity (Wildman–Crippen MR) is 112 cm³/mol. The Labute approximate surface area is 169 Å². The van der Waals surface area contributed by atoms with Gasteiger partial charge >= 0.3 is 0 Å². The van der Waals surface area contributed by atoms with Gasteiger partial charge in [-0.1, -0.05) is 30.9 Å². The summed E-state index contributed by atoms with van der Waals surface area (Å²) >= 11 is 0. The smallest absolute Gasteiger partial charge is 0.270 e. The van der Waals surface area contributed by atoms with Crippen LogP contribution in [0.2, 0.25) is 0 Å². The number of aromatic nitrogens is 4. The molecule has 6 heteroatoms. The number of anilines is 1. The molecule has 0 radical (unpaired) electrons. The molecular weight excluding hydrogens is 362 g/mol. The molecule has 29 heavy (non-hydrogen) atoms. The van der Waals surface area contributed by atoms with Crippen LogP contribution < -0.4 is 5.32 Å². The van der Waals surface area contributed by atoms with Gasteiger partial charge in [0.15, 0.2) is 5.82 Å². The van der Waals surface area contributed by atoms with E-state index in [2.05, 4.69) is 51.2 Å². The zero-order chi connectivity index (χ0) is 19.8. The van der Waals surface area contributed by atoms with E-state index in [0.717, 1.165) is 41.0 Å². The third kappa shape index (κ3) is 2.97. The van der Waals surface area contributed by atoms with E-state index >= 15 is 0 Å². The summed E-state index contributed by atoms with van der Waals surface area (Å²) in [6.45, 7) is 3.65. The summed E-state index contributed by atoms with van der Waals surface area (Å²) in [5, 5.41) is 8.05. The van der Waals surface area contributed by atoms with Gasteiger partial charge in [0.05, 0.1) is 5.69 Å². The van der Waals surface area contributed by atoms with Gasteiger partial charge < -0.3 is 5.32 Å². The second-order valence-electron chi connectivity index (χ2n) is 7.55. The SMILES string of the molecule is C=CC(=O)n1nc(NC2CC2)c2c1CC(c1cccnc1)(c1cccnc1)C=C2. The average Bonchev–Trinajstić information content (AvgIpc) is 3.54. The minimum absolute atomic E-state index is 0.230. The van der Waals surface area contributed by atoms with Crippen molar-refractivity contribution in [2.75, 3.05) is 5.32 Å². The molecule has 3 aromatic heterocycles. The monoisotopic (exact) mass is 383 g/mol. The van der Waals surface area contributed by atoms with Crippen molar-refractivity contribution in [2.24, 2.45) is 0 Å². The molecule has 2 aliphatic rings. The number of pyridine rings is 2. The van der Waals surface area contributed by atoms with E-state index in [1.807, 2.05) is 24.5 Å². The van der Waals surface area contributed by atoms with Gasteiger partial charge in [0, 0.05) is 48.2 Å². The Bertz CT molecular complexity index is 1060. The van der Waals surface area contributed by atoms with Crippen LogP contribution in [0.4, 0.5) is 5.82 Å². The van der Waals surface area contributed by atoms with Gasteiger partial charge in [-0.15, -0.1) is 5.10 Å². The number of nitrogens with one attached hydrogen (secondary N) is 1. The summed E-state index contributed by atoms with van der Waals surface area (Å²) < 4.78 is 1.48. The highest BCUT2D eigenvalue weighted by Gasteiger charge is 2.39. The van der Waals surface area contributed by atoms with Crippen LogP contribution in [0.25, 0.3) is 6.08 Å². The fraction of sp³-hybridized carbons (Fsp3) is 0.217. The third-order valence-electron chi connectivity index (χ3n) is 5.66. The van der Waals surface area contributed by atoms with Crippen molar-refractivity contribution < 1.29 is 4.79 Å². The maximum absolute atomic E-state index is 12.6. The number of carbonyl (C=O) groups excluding carboxylic acids is 1. The van der Waals surface area contributed by atoms with E-state index in [9.17, 15) is 4.79 Å². The van der Waals surface area contributed by atoms with Crippen LogP contribution in [0.3, 0.4) is 0 Å². The molecule has 1 fully saturated rings. The van der Waals surface area contributed by atoms with Crippen molar-refractivity contribution in [3.8, 4) is 0 Å². The van der Waals surface area contributed by atoms with Crippen LogP contribution in [0.15, 0.2) is 67.8 Å². The topological polar surface area (TPSA) is 72.7 Å². The fourth-order valence-electron chi connectivity index (χ4n) is 3.97. The number of hydrogen-bond acceptors (Lipinski definition) is 5. The van der Waals surface area contributed by atoms with E-state index in [4.69, 9.17) is 0 Å². The maximum Gasteiger partial charge on any atom is 0.270 e. The molecule has 0 saturated heterocycles. The number of allylic oxidation sites excluding steroid dienone is 2. The number of rotatable bonds is 5. The van der Waals surface area contributed by atoms with Gasteiger partial charge in [0.25, 0.3) is 5.91 Å². The van der Waals surface area contributed by atoms with Gasteiger partial charge in [0.1, 0.15) is 0 Å². The van der Waals surface area contributed by atoms with Crippen LogP contribution >= 0.6 is 0 Å². The zero-order valence-corrected chi connectivity index (χ0v) is 16.0. The van der Waals surface area contributed by atoms with Gasteiger partial charge in [-0.25, -0.2) is 0 Å². The van der Waals surface area contributed by atoms with Gasteiger partial charge in [-0.05, 0) is 42.2 Å². The minimum Gasteiger partial charge on any atom is -0.365 e. The Balaban J connectivity index is 1.69. The fourth-order valence-corrected chi connectivity index (χ4v) is 3.97. The molecule has 0 aliphatic heterocycles. The van der Waals surface area contributed by atoms with E-state index in [0.29, 0.717) is 12.5 Å². The highest BCUT2D eigenvalue weighted by atomic mass is 16.2. The molecular formula is C23H21N5O. The van der Waals surface area contributed by atoms with Crippen LogP contribution in [-0.4, -0.2) is 31.7 Å². The first kappa shape index (κ1) is 17.6. The molecule has 3 heterocycles. The normalized spacial score (nSPS) is 16.8. The Morgan fingerprint density at radius 2 is 1.86 bits per heavy atom. The number of nitrogens with zero attached hydrogens (tertiary/aromatic N) is 4. The molecule has 5 rings (SSSR count). The zero-order valence-electron chi connectivity index (χ0n) is 16.0. The highest BCUT2D eigenvalue weighted by molar-refractivity contribution is 5.91. The second kappa shape index (κ2) is 6.81. The molecule has 6 nitrogen and oxygen atoms in total. The van der Waals surface area contributed by atoms with Crippen LogP contribution in [0.5, 0.6) is 0 Å². The standard InChI is InChI=1S/C23H21N5O/c1-2-21(29)28-20-13-23(16-5-3-11-24-14-16,17-6-4-12-25-15-17)10-9-19(20)22(27-28)26-18-7-8-18/h2-6,9-12,14-15,18H,1,7-8,13H2,(H,26,27). The van der Waals surface area contributed by atoms with Gasteiger partial charge in [-0.3, -0.25) is 14.8 Å². The molecule has 0 bridgehead atoms. The lowest BCUT2D eigenvalue weighted by Crippen LogP contribution is -2.32. The summed E-state index contributed by atoms with van der Waals surface area (Å²) in [4.78, 5) is 21.3. The Kier molecular flexibility index (Phi) is 4.12. The van der Waals surface area contributed by atoms with Crippen molar-refractivity contribution in [1.82, 2.24) is 19.7 Å². The summed E-state index contributed by atoms with van der Waals surface area (Å²) in [5.41, 5.74) is 3.45. The number of carbonyl (C=O) groups is 1. The molecule has 1 N–H and O–H groups in total. The molecule has 144 valence electrons. The first-order valence-electron chi connectivity index (χ1n) is 9.77. The Morgan fingerprint density at radius 3 is 2.41 bits per heavy atom. The Hall–Kier alpha value is -3.54. The van der Waals surface area contributed by atoms with Crippen LogP contribution in [0, 0.1) is 0 Å². The first-order chi connectivity index (χ1) is 14.2. The summed E-state index contributed by atoms with van der Waals surface area (Å²) in [7, 11) is 0. The lowest BCUT2D eigenvalue weighted by atomic mass is 9.69. The average molecular weight is 383 g/mol. The van der Waals surface area contributed by atoms with Gasteiger partial charge in [0.2, 0.25) is 0 Å². The molecule has 0 atom stereocenters. The lowest BCUT2D eigenvalue weighted by molar-refractivity contribution is 0.0950. The molecule has 0 amide bonds. The molecule has 0 spiro atoms. The van der Waals surface area contributed by atoms with Crippen molar-refractivity contribution >= 4 is 17.8 Å². The minimum atomic E-state index is -0.481. The van der Waals surface area contributed by atoms with Crippen molar-refractivity contribution in [2.45, 2.75) is 30.7 Å². The van der Waals surface area contributed by atoms with Crippen molar-refractivity contribution in [3.05, 3.63) is 90.2 Å². The second-order valence-corrected chi connectivity index (χ2v) is 7.55. The van der Waals surface area contributed by atoms with Gasteiger partial charge in [-0.2, -0.15) is 4.68 Å². The van der Waals surface area contributed by atoms with E-state index in [1.165, 1.54) is 10.8 Å². The largest absolute Gasteiger partial charge is 0.365 e. The van der Waals surface area contributed by atoms with E-state index in [-0.39, 0.29) is 5.91 Å². The predicted octanol–water partition coefficient (Wildman–Crippen LogP) is 3.63.